The zero-order valence-electron chi connectivity index (χ0n) is 11.4. The molecule has 0 aromatic heterocycles. The van der Waals surface area contributed by atoms with Gasteiger partial charge < -0.3 is 0 Å². The van der Waals surface area contributed by atoms with Crippen LogP contribution in [0.4, 0.5) is 0 Å². The summed E-state index contributed by atoms with van der Waals surface area (Å²) >= 11 is 3.36. The second-order valence-electron chi connectivity index (χ2n) is 5.78. The van der Waals surface area contributed by atoms with Crippen LogP contribution in [0.2, 0.25) is 0 Å². The van der Waals surface area contributed by atoms with E-state index in [0.717, 1.165) is 5.56 Å². The van der Waals surface area contributed by atoms with Crippen molar-refractivity contribution in [1.82, 2.24) is 0 Å². The van der Waals surface area contributed by atoms with Crippen molar-refractivity contribution < 1.29 is 8.42 Å². The van der Waals surface area contributed by atoms with E-state index >= 15 is 0 Å². The minimum Gasteiger partial charge on any atom is -0.224 e. The molecule has 0 aliphatic carbocycles. The highest BCUT2D eigenvalue weighted by Gasteiger charge is 2.26. The van der Waals surface area contributed by atoms with Crippen molar-refractivity contribution in [3.8, 4) is 0 Å². The van der Waals surface area contributed by atoms with Gasteiger partial charge in [0.1, 0.15) is 0 Å². The number of alkyl halides is 1. The predicted octanol–water partition coefficient (Wildman–Crippen LogP) is 4.00. The van der Waals surface area contributed by atoms with Crippen LogP contribution in [0.25, 0.3) is 0 Å². The third-order valence-electron chi connectivity index (χ3n) is 2.85. The van der Waals surface area contributed by atoms with Gasteiger partial charge in [-0.25, -0.2) is 8.42 Å². The Morgan fingerprint density at radius 2 is 1.67 bits per heavy atom. The molecule has 0 bridgehead atoms. The van der Waals surface area contributed by atoms with E-state index in [1.54, 1.807) is 12.1 Å². The minimum absolute atomic E-state index is 0.159. The molecule has 0 fully saturated rings. The summed E-state index contributed by atoms with van der Waals surface area (Å²) in [5.74, 6) is 0.576. The fraction of sp³-hybridized carbons (Fsp3) is 0.571. The van der Waals surface area contributed by atoms with Gasteiger partial charge in [-0.2, -0.15) is 0 Å². The highest BCUT2D eigenvalue weighted by atomic mass is 79.9. The molecule has 4 heteroatoms. The molecule has 0 aliphatic heterocycles. The molecule has 0 atom stereocenters. The van der Waals surface area contributed by atoms with E-state index in [4.69, 9.17) is 0 Å². The molecule has 0 unspecified atom stereocenters. The lowest BCUT2D eigenvalue weighted by Crippen LogP contribution is -2.25. The van der Waals surface area contributed by atoms with Gasteiger partial charge in [-0.3, -0.25) is 0 Å². The number of benzene rings is 1. The smallest absolute Gasteiger partial charge is 0.178 e. The topological polar surface area (TPSA) is 34.1 Å². The first-order chi connectivity index (χ1) is 8.18. The molecule has 0 spiro atoms. The van der Waals surface area contributed by atoms with Crippen molar-refractivity contribution >= 4 is 25.8 Å². The summed E-state index contributed by atoms with van der Waals surface area (Å²) in [4.78, 5) is 0.418. The molecule has 0 aliphatic rings. The second-order valence-corrected chi connectivity index (χ2v) is 8.33. The van der Waals surface area contributed by atoms with E-state index in [1.165, 1.54) is 0 Å². The van der Waals surface area contributed by atoms with Gasteiger partial charge in [0.2, 0.25) is 0 Å². The molecule has 2 nitrogen and oxygen atoms in total. The van der Waals surface area contributed by atoms with Crippen LogP contribution >= 0.6 is 15.9 Å². The summed E-state index contributed by atoms with van der Waals surface area (Å²) in [5.41, 5.74) is 0.906. The lowest BCUT2D eigenvalue weighted by Gasteiger charge is -2.21. The molecule has 0 radical (unpaired) electrons. The molecule has 0 amide bonds. The predicted molar refractivity (Wildman–Crippen MR) is 80.2 cm³/mol. The summed E-state index contributed by atoms with van der Waals surface area (Å²) in [6.45, 7) is 8.08. The highest BCUT2D eigenvalue weighted by Crippen LogP contribution is 2.25. The second kappa shape index (κ2) is 5.74. The monoisotopic (exact) mass is 332 g/mol. The van der Waals surface area contributed by atoms with Crippen LogP contribution in [0, 0.1) is 5.41 Å². The molecular formula is C14H21BrO2S. The summed E-state index contributed by atoms with van der Waals surface area (Å²) in [5, 5.41) is 0.670. The van der Waals surface area contributed by atoms with E-state index in [-0.39, 0.29) is 11.2 Å². The Balaban J connectivity index is 2.99. The molecule has 0 saturated carbocycles. The van der Waals surface area contributed by atoms with Gasteiger partial charge in [-0.05, 0) is 29.0 Å². The number of halogens is 1. The molecule has 1 aromatic rings. The average molecular weight is 333 g/mol. The lowest BCUT2D eigenvalue weighted by molar-refractivity contribution is 0.474. The summed E-state index contributed by atoms with van der Waals surface area (Å²) < 4.78 is 24.5. The summed E-state index contributed by atoms with van der Waals surface area (Å²) in [7, 11) is -3.20. The van der Waals surface area contributed by atoms with Crippen LogP contribution in [0.5, 0.6) is 0 Å². The first kappa shape index (κ1) is 15.7. The maximum atomic E-state index is 12.3. The van der Waals surface area contributed by atoms with Gasteiger partial charge in [0.05, 0.1) is 10.6 Å². The van der Waals surface area contributed by atoms with Crippen LogP contribution in [-0.4, -0.2) is 19.5 Å². The quantitative estimate of drug-likeness (QED) is 0.763. The van der Waals surface area contributed by atoms with Crippen LogP contribution in [-0.2, 0) is 9.84 Å². The first-order valence-electron chi connectivity index (χ1n) is 6.07. The normalized spacial score (nSPS) is 13.0. The zero-order valence-corrected chi connectivity index (χ0v) is 13.8. The van der Waals surface area contributed by atoms with Crippen molar-refractivity contribution in [2.75, 3.05) is 11.1 Å². The van der Waals surface area contributed by atoms with Crippen LogP contribution in [0.3, 0.4) is 0 Å². The maximum absolute atomic E-state index is 12.3. The third kappa shape index (κ3) is 4.09. The van der Waals surface area contributed by atoms with Crippen molar-refractivity contribution in [3.05, 3.63) is 29.8 Å². The Hall–Kier alpha value is -0.350. The van der Waals surface area contributed by atoms with Gasteiger partial charge in [-0.15, -0.1) is 0 Å². The number of hydrogen-bond acceptors (Lipinski definition) is 2. The van der Waals surface area contributed by atoms with Gasteiger partial charge in [0, 0.05) is 5.33 Å². The Morgan fingerprint density at radius 1 is 1.17 bits per heavy atom. The summed E-state index contributed by atoms with van der Waals surface area (Å²) in [6.07, 6.45) is 0. The standard InChI is InChI=1S/C14H21BrO2S/c1-11(2)12-5-7-13(8-6-12)18(16,17)10-14(3,4)9-15/h5-8,11H,9-10H2,1-4H3. The Kier molecular flexibility index (Phi) is 5.01. The Morgan fingerprint density at radius 3 is 2.06 bits per heavy atom. The SMILES string of the molecule is CC(C)c1ccc(S(=O)(=O)CC(C)(C)CBr)cc1. The van der Waals surface area contributed by atoms with E-state index in [9.17, 15) is 8.42 Å². The van der Waals surface area contributed by atoms with Crippen LogP contribution < -0.4 is 0 Å². The van der Waals surface area contributed by atoms with Gasteiger partial charge in [-0.1, -0.05) is 55.8 Å². The van der Waals surface area contributed by atoms with E-state index in [0.29, 0.717) is 16.1 Å². The largest absolute Gasteiger partial charge is 0.224 e. The molecule has 18 heavy (non-hydrogen) atoms. The zero-order chi connectivity index (χ0) is 14.0. The molecule has 0 heterocycles. The molecule has 1 rings (SSSR count). The molecule has 102 valence electrons. The Labute approximate surface area is 119 Å². The number of rotatable bonds is 5. The van der Waals surface area contributed by atoms with Gasteiger partial charge >= 0.3 is 0 Å². The van der Waals surface area contributed by atoms with Gasteiger partial charge in [0.15, 0.2) is 9.84 Å². The molecule has 1 aromatic carbocycles. The van der Waals surface area contributed by atoms with E-state index < -0.39 is 9.84 Å². The maximum Gasteiger partial charge on any atom is 0.178 e. The highest BCUT2D eigenvalue weighted by molar-refractivity contribution is 9.09. The van der Waals surface area contributed by atoms with Crippen molar-refractivity contribution in [2.24, 2.45) is 5.41 Å². The van der Waals surface area contributed by atoms with E-state index in [2.05, 4.69) is 29.8 Å². The molecule has 0 N–H and O–H groups in total. The fourth-order valence-electron chi connectivity index (χ4n) is 1.70. The third-order valence-corrected chi connectivity index (χ3v) is 6.52. The molecule has 0 saturated heterocycles. The minimum atomic E-state index is -3.20. The van der Waals surface area contributed by atoms with Gasteiger partial charge in [0.25, 0.3) is 0 Å². The van der Waals surface area contributed by atoms with Crippen LogP contribution in [0.15, 0.2) is 29.2 Å². The molecular weight excluding hydrogens is 312 g/mol. The summed E-state index contributed by atoms with van der Waals surface area (Å²) in [6, 6.07) is 7.24. The van der Waals surface area contributed by atoms with E-state index in [1.807, 2.05) is 26.0 Å². The Bertz CT molecular complexity index is 487. The van der Waals surface area contributed by atoms with Crippen molar-refractivity contribution in [3.63, 3.8) is 0 Å². The van der Waals surface area contributed by atoms with Crippen molar-refractivity contribution in [1.29, 1.82) is 0 Å². The first-order valence-corrected chi connectivity index (χ1v) is 8.84. The fourth-order valence-corrected chi connectivity index (χ4v) is 4.01. The average Bonchev–Trinajstić information content (AvgIpc) is 2.28. The van der Waals surface area contributed by atoms with Crippen LogP contribution in [0.1, 0.15) is 39.2 Å². The number of hydrogen-bond donors (Lipinski definition) is 0. The van der Waals surface area contributed by atoms with Crippen molar-refractivity contribution in [2.45, 2.75) is 38.5 Å². The number of sulfone groups is 1. The lowest BCUT2D eigenvalue weighted by atomic mass is 10.0.